The zero-order valence-corrected chi connectivity index (χ0v) is 12.2. The number of ketones is 1. The van der Waals surface area contributed by atoms with Gasteiger partial charge in [-0.05, 0) is 79.9 Å². The van der Waals surface area contributed by atoms with Gasteiger partial charge in [0.1, 0.15) is 12.4 Å². The molecular formula is C18H22O3. The van der Waals surface area contributed by atoms with Crippen LogP contribution in [0.25, 0.3) is 0 Å². The molecular weight excluding hydrogens is 264 g/mol. The SMILES string of the molecule is O=C(CO)c1ccc(O)c(C23CC4CC(CC(C4)C2)C3)c1. The predicted molar refractivity (Wildman–Crippen MR) is 79.4 cm³/mol. The molecule has 4 saturated carbocycles. The van der Waals surface area contributed by atoms with Crippen LogP contribution in [0.15, 0.2) is 18.2 Å². The summed E-state index contributed by atoms with van der Waals surface area (Å²) in [6, 6.07) is 5.11. The van der Waals surface area contributed by atoms with Crippen LogP contribution in [-0.2, 0) is 5.41 Å². The van der Waals surface area contributed by atoms with Crippen molar-refractivity contribution in [1.29, 1.82) is 0 Å². The van der Waals surface area contributed by atoms with Gasteiger partial charge < -0.3 is 10.2 Å². The van der Waals surface area contributed by atoms with Crippen molar-refractivity contribution in [2.45, 2.75) is 43.9 Å². The van der Waals surface area contributed by atoms with Gasteiger partial charge in [-0.1, -0.05) is 0 Å². The molecule has 1 aromatic rings. The smallest absolute Gasteiger partial charge is 0.188 e. The van der Waals surface area contributed by atoms with Gasteiger partial charge in [-0.25, -0.2) is 0 Å². The fraction of sp³-hybridized carbons (Fsp3) is 0.611. The van der Waals surface area contributed by atoms with Crippen LogP contribution >= 0.6 is 0 Å². The molecule has 0 atom stereocenters. The highest BCUT2D eigenvalue weighted by molar-refractivity contribution is 5.97. The summed E-state index contributed by atoms with van der Waals surface area (Å²) in [5.74, 6) is 2.46. The van der Waals surface area contributed by atoms with Crippen molar-refractivity contribution in [2.24, 2.45) is 17.8 Å². The molecule has 0 spiro atoms. The van der Waals surface area contributed by atoms with Crippen LogP contribution in [0.4, 0.5) is 0 Å². The van der Waals surface area contributed by atoms with Crippen molar-refractivity contribution in [1.82, 2.24) is 0 Å². The summed E-state index contributed by atoms with van der Waals surface area (Å²) in [5, 5.41) is 19.4. The Morgan fingerprint density at radius 2 is 1.67 bits per heavy atom. The number of benzene rings is 1. The number of aliphatic hydroxyl groups excluding tert-OH is 1. The van der Waals surface area contributed by atoms with Crippen molar-refractivity contribution >= 4 is 5.78 Å². The second-order valence-corrected chi connectivity index (χ2v) is 7.51. The fourth-order valence-electron chi connectivity index (χ4n) is 5.67. The fourth-order valence-corrected chi connectivity index (χ4v) is 5.67. The first-order chi connectivity index (χ1) is 10.1. The maximum atomic E-state index is 11.8. The van der Waals surface area contributed by atoms with Crippen LogP contribution in [0.1, 0.15) is 54.4 Å². The lowest BCUT2D eigenvalue weighted by molar-refractivity contribution is -0.00615. The Morgan fingerprint density at radius 1 is 1.10 bits per heavy atom. The van der Waals surface area contributed by atoms with Crippen LogP contribution in [0.5, 0.6) is 5.75 Å². The number of carbonyl (C=O) groups excluding carboxylic acids is 1. The van der Waals surface area contributed by atoms with E-state index in [1.807, 2.05) is 6.07 Å². The summed E-state index contributed by atoms with van der Waals surface area (Å²) in [4.78, 5) is 11.8. The number of aromatic hydroxyl groups is 1. The van der Waals surface area contributed by atoms with Crippen molar-refractivity contribution in [3.63, 3.8) is 0 Å². The van der Waals surface area contributed by atoms with Gasteiger partial charge in [0.2, 0.25) is 0 Å². The van der Waals surface area contributed by atoms with Gasteiger partial charge in [-0.15, -0.1) is 0 Å². The van der Waals surface area contributed by atoms with Gasteiger partial charge >= 0.3 is 0 Å². The van der Waals surface area contributed by atoms with Gasteiger partial charge in [-0.3, -0.25) is 4.79 Å². The summed E-state index contributed by atoms with van der Waals surface area (Å²) in [6.07, 6.45) is 7.54. The lowest BCUT2D eigenvalue weighted by Crippen LogP contribution is -2.48. The van der Waals surface area contributed by atoms with Gasteiger partial charge in [0.05, 0.1) is 0 Å². The molecule has 4 aliphatic rings. The van der Waals surface area contributed by atoms with Gasteiger partial charge in [0.15, 0.2) is 5.78 Å². The summed E-state index contributed by atoms with van der Waals surface area (Å²) < 4.78 is 0. The van der Waals surface area contributed by atoms with Crippen LogP contribution in [0, 0.1) is 17.8 Å². The van der Waals surface area contributed by atoms with Crippen LogP contribution < -0.4 is 0 Å². The molecule has 0 aromatic heterocycles. The Hall–Kier alpha value is -1.35. The van der Waals surface area contributed by atoms with Crippen molar-refractivity contribution in [3.8, 4) is 5.75 Å². The van der Waals surface area contributed by atoms with Crippen LogP contribution in [0.3, 0.4) is 0 Å². The molecule has 2 N–H and O–H groups in total. The number of hydrogen-bond donors (Lipinski definition) is 2. The summed E-state index contributed by atoms with van der Waals surface area (Å²) in [6.45, 7) is -0.467. The molecule has 0 aliphatic heterocycles. The standard InChI is InChI=1S/C18H22O3/c19-10-17(21)14-1-2-16(20)15(6-14)18-7-11-3-12(8-18)5-13(4-11)9-18/h1-2,6,11-13,19-20H,3-5,7-10H2. The molecule has 21 heavy (non-hydrogen) atoms. The first-order valence-corrected chi connectivity index (χ1v) is 8.07. The lowest BCUT2D eigenvalue weighted by Gasteiger charge is -2.57. The Balaban J connectivity index is 1.77. The molecule has 0 saturated heterocycles. The number of carbonyl (C=O) groups is 1. The maximum absolute atomic E-state index is 11.8. The first kappa shape index (κ1) is 13.3. The minimum atomic E-state index is -0.467. The number of phenolic OH excluding ortho intramolecular Hbond substituents is 1. The van der Waals surface area contributed by atoms with Crippen LogP contribution in [0.2, 0.25) is 0 Å². The molecule has 4 fully saturated rings. The van der Waals surface area contributed by atoms with E-state index in [4.69, 9.17) is 5.11 Å². The number of phenols is 1. The molecule has 0 unspecified atom stereocenters. The van der Waals surface area contributed by atoms with E-state index in [-0.39, 0.29) is 11.2 Å². The second-order valence-electron chi connectivity index (χ2n) is 7.51. The molecule has 1 aromatic carbocycles. The van der Waals surface area contributed by atoms with Crippen molar-refractivity contribution < 1.29 is 15.0 Å². The predicted octanol–water partition coefficient (Wildman–Crippen LogP) is 3.04. The van der Waals surface area contributed by atoms with E-state index >= 15 is 0 Å². The Bertz CT molecular complexity index is 555. The van der Waals surface area contributed by atoms with E-state index < -0.39 is 6.61 Å². The minimum Gasteiger partial charge on any atom is -0.508 e. The number of Topliss-reactive ketones (excluding diaryl/α,β-unsaturated/α-hetero) is 1. The highest BCUT2D eigenvalue weighted by atomic mass is 16.3. The number of hydrogen-bond acceptors (Lipinski definition) is 3. The third-order valence-electron chi connectivity index (χ3n) is 6.07. The topological polar surface area (TPSA) is 57.5 Å². The molecule has 4 bridgehead atoms. The molecule has 0 heterocycles. The summed E-state index contributed by atoms with van der Waals surface area (Å²) in [7, 11) is 0. The maximum Gasteiger partial charge on any atom is 0.188 e. The molecule has 5 rings (SSSR count). The summed E-state index contributed by atoms with van der Waals surface area (Å²) >= 11 is 0. The highest BCUT2D eigenvalue weighted by Gasteiger charge is 2.52. The Kier molecular flexibility index (Phi) is 2.90. The molecule has 0 radical (unpaired) electrons. The average Bonchev–Trinajstić information content (AvgIpc) is 2.45. The zero-order valence-electron chi connectivity index (χ0n) is 12.2. The Morgan fingerprint density at radius 3 is 2.19 bits per heavy atom. The lowest BCUT2D eigenvalue weighted by atomic mass is 9.48. The van der Waals surface area contributed by atoms with E-state index in [1.54, 1.807) is 12.1 Å². The zero-order chi connectivity index (χ0) is 14.6. The molecule has 4 aliphatic carbocycles. The third kappa shape index (κ3) is 2.02. The molecule has 3 nitrogen and oxygen atoms in total. The van der Waals surface area contributed by atoms with Gasteiger partial charge in [0, 0.05) is 11.1 Å². The van der Waals surface area contributed by atoms with E-state index in [9.17, 15) is 9.90 Å². The molecule has 0 amide bonds. The van der Waals surface area contributed by atoms with Crippen molar-refractivity contribution in [2.75, 3.05) is 6.61 Å². The van der Waals surface area contributed by atoms with E-state index in [0.29, 0.717) is 11.3 Å². The normalized spacial score (nSPS) is 36.9. The highest BCUT2D eigenvalue weighted by Crippen LogP contribution is 2.61. The van der Waals surface area contributed by atoms with Crippen LogP contribution in [-0.4, -0.2) is 22.6 Å². The molecule has 112 valence electrons. The first-order valence-electron chi connectivity index (χ1n) is 8.07. The monoisotopic (exact) mass is 286 g/mol. The van der Waals surface area contributed by atoms with Gasteiger partial charge in [-0.2, -0.15) is 0 Å². The van der Waals surface area contributed by atoms with E-state index in [1.165, 1.54) is 19.3 Å². The quantitative estimate of drug-likeness (QED) is 0.840. The minimum absolute atomic E-state index is 0.0740. The number of aliphatic hydroxyl groups is 1. The largest absolute Gasteiger partial charge is 0.508 e. The molecule has 3 heteroatoms. The average molecular weight is 286 g/mol. The van der Waals surface area contributed by atoms with E-state index in [0.717, 1.165) is 42.6 Å². The third-order valence-corrected chi connectivity index (χ3v) is 6.07. The van der Waals surface area contributed by atoms with Gasteiger partial charge in [0.25, 0.3) is 0 Å². The van der Waals surface area contributed by atoms with Crippen molar-refractivity contribution in [3.05, 3.63) is 29.3 Å². The van der Waals surface area contributed by atoms with E-state index in [2.05, 4.69) is 0 Å². The Labute approximate surface area is 125 Å². The summed E-state index contributed by atoms with van der Waals surface area (Å²) in [5.41, 5.74) is 1.56. The second kappa shape index (κ2) is 4.57. The number of rotatable bonds is 3.